The third-order valence-electron chi connectivity index (χ3n) is 6.02. The molecule has 8 nitrogen and oxygen atoms in total. The van der Waals surface area contributed by atoms with Crippen molar-refractivity contribution in [3.8, 4) is 11.5 Å². The molecule has 1 aromatic heterocycles. The Bertz CT molecular complexity index is 1300. The summed E-state index contributed by atoms with van der Waals surface area (Å²) in [4.78, 5) is 13.7. The van der Waals surface area contributed by atoms with E-state index in [0.717, 1.165) is 35.2 Å². The Morgan fingerprint density at radius 2 is 1.76 bits per heavy atom. The number of aryl methyl sites for hydroxylation is 1. The lowest BCUT2D eigenvalue weighted by molar-refractivity contribution is -0.0103. The zero-order valence-corrected chi connectivity index (χ0v) is 21.5. The number of carbonyl (C=O) groups is 1. The number of nitrogens with zero attached hydrogens (tertiary/aromatic N) is 3. The van der Waals surface area contributed by atoms with Gasteiger partial charge in [0.15, 0.2) is 5.75 Å². The van der Waals surface area contributed by atoms with Gasteiger partial charge in [0.1, 0.15) is 11.3 Å². The summed E-state index contributed by atoms with van der Waals surface area (Å²) in [5.74, 6) is 0.0792. The van der Waals surface area contributed by atoms with Crippen LogP contribution in [0.1, 0.15) is 29.8 Å². The maximum Gasteiger partial charge on any atom is 0.335 e. The van der Waals surface area contributed by atoms with Gasteiger partial charge in [-0.3, -0.25) is 4.68 Å². The van der Waals surface area contributed by atoms with Crippen molar-refractivity contribution >= 4 is 22.6 Å². The Kier molecular flexibility index (Phi) is 8.77. The molecule has 0 atom stereocenters. The van der Waals surface area contributed by atoms with Crippen LogP contribution in [0.3, 0.4) is 0 Å². The predicted molar refractivity (Wildman–Crippen MR) is 144 cm³/mol. The van der Waals surface area contributed by atoms with Gasteiger partial charge in [-0.25, -0.2) is 4.79 Å². The first-order chi connectivity index (χ1) is 18.1. The van der Waals surface area contributed by atoms with Crippen LogP contribution in [0.2, 0.25) is 0 Å². The normalized spacial score (nSPS) is 13.1. The van der Waals surface area contributed by atoms with E-state index in [1.165, 1.54) is 6.07 Å². The minimum Gasteiger partial charge on any atom is -0.478 e. The van der Waals surface area contributed by atoms with Crippen molar-refractivity contribution in [2.24, 2.45) is 7.05 Å². The smallest absolute Gasteiger partial charge is 0.335 e. The van der Waals surface area contributed by atoms with E-state index in [9.17, 15) is 9.90 Å². The molecular weight excluding hydrogens is 470 g/mol. The largest absolute Gasteiger partial charge is 0.478 e. The fourth-order valence-corrected chi connectivity index (χ4v) is 4.13. The maximum atomic E-state index is 11.5. The molecule has 0 aliphatic carbocycles. The Morgan fingerprint density at radius 1 is 1.03 bits per heavy atom. The molecule has 5 rings (SSSR count). The highest BCUT2D eigenvalue weighted by molar-refractivity contribution is 5.96. The number of aromatic carboxylic acids is 1. The molecular formula is C29H33N3O5. The van der Waals surface area contributed by atoms with Crippen LogP contribution >= 0.6 is 0 Å². The van der Waals surface area contributed by atoms with Crippen LogP contribution in [-0.2, 0) is 23.1 Å². The second kappa shape index (κ2) is 12.4. The molecule has 0 radical (unpaired) electrons. The van der Waals surface area contributed by atoms with Gasteiger partial charge >= 0.3 is 5.97 Å². The number of carboxylic acids is 1. The van der Waals surface area contributed by atoms with Gasteiger partial charge in [0.05, 0.1) is 37.7 Å². The van der Waals surface area contributed by atoms with Crippen molar-refractivity contribution < 1.29 is 24.1 Å². The van der Waals surface area contributed by atoms with E-state index in [4.69, 9.17) is 14.2 Å². The van der Waals surface area contributed by atoms with Crippen LogP contribution < -0.4 is 9.64 Å². The van der Waals surface area contributed by atoms with Crippen LogP contribution in [0.25, 0.3) is 10.9 Å². The number of aromatic nitrogens is 2. The van der Waals surface area contributed by atoms with E-state index in [1.54, 1.807) is 24.0 Å². The topological polar surface area (TPSA) is 86.1 Å². The van der Waals surface area contributed by atoms with Gasteiger partial charge < -0.3 is 24.2 Å². The Labute approximate surface area is 217 Å². The van der Waals surface area contributed by atoms with Crippen molar-refractivity contribution in [2.45, 2.75) is 26.6 Å². The van der Waals surface area contributed by atoms with Gasteiger partial charge in [-0.1, -0.05) is 44.2 Å². The Hall–Kier alpha value is -3.88. The molecule has 3 aromatic carbocycles. The van der Waals surface area contributed by atoms with Gasteiger partial charge in [-0.05, 0) is 42.0 Å². The van der Waals surface area contributed by atoms with Crippen LogP contribution in [0.15, 0.2) is 72.9 Å². The molecule has 1 fully saturated rings. The summed E-state index contributed by atoms with van der Waals surface area (Å²) < 4.78 is 19.3. The molecule has 0 saturated carbocycles. The molecule has 0 unspecified atom stereocenters. The fraction of sp³-hybridized carbons (Fsp3) is 0.310. The monoisotopic (exact) mass is 503 g/mol. The molecule has 0 amide bonds. The second-order valence-electron chi connectivity index (χ2n) is 8.52. The van der Waals surface area contributed by atoms with E-state index in [-0.39, 0.29) is 11.7 Å². The first kappa shape index (κ1) is 26.2. The highest BCUT2D eigenvalue weighted by Gasteiger charge is 2.27. The molecule has 2 heterocycles. The second-order valence-corrected chi connectivity index (χ2v) is 8.52. The molecule has 4 aromatic rings. The fourth-order valence-electron chi connectivity index (χ4n) is 4.13. The third-order valence-corrected chi connectivity index (χ3v) is 6.02. The summed E-state index contributed by atoms with van der Waals surface area (Å²) in [6.45, 7) is 7.41. The average molecular weight is 504 g/mol. The lowest BCUT2D eigenvalue weighted by Crippen LogP contribution is -2.52. The van der Waals surface area contributed by atoms with Crippen LogP contribution in [-0.4, -0.2) is 53.3 Å². The van der Waals surface area contributed by atoms with Crippen molar-refractivity contribution in [3.05, 3.63) is 84.1 Å². The number of fused-ring (bicyclic) bond motifs is 1. The summed E-state index contributed by atoms with van der Waals surface area (Å²) in [6.07, 6.45) is 1.83. The van der Waals surface area contributed by atoms with Crippen molar-refractivity contribution in [1.82, 2.24) is 9.78 Å². The van der Waals surface area contributed by atoms with Gasteiger partial charge in [-0.15, -0.1) is 0 Å². The lowest BCUT2D eigenvalue weighted by atomic mass is 10.1. The van der Waals surface area contributed by atoms with Gasteiger partial charge in [-0.2, -0.15) is 5.10 Å². The molecule has 37 heavy (non-hydrogen) atoms. The molecule has 0 bridgehead atoms. The number of ether oxygens (including phenoxy) is 3. The van der Waals surface area contributed by atoms with Crippen molar-refractivity contribution in [1.29, 1.82) is 0 Å². The summed E-state index contributed by atoms with van der Waals surface area (Å²) in [5.41, 5.74) is 3.15. The minimum absolute atomic E-state index is 0.161. The number of carboxylic acid groups (broad SMARTS) is 1. The highest BCUT2D eigenvalue weighted by atomic mass is 16.5. The number of hydrogen-bond donors (Lipinski definition) is 1. The van der Waals surface area contributed by atoms with E-state index in [1.807, 2.05) is 68.4 Å². The summed E-state index contributed by atoms with van der Waals surface area (Å²) in [6, 6.07) is 21.0. The molecule has 194 valence electrons. The molecule has 8 heteroatoms. The molecule has 1 saturated heterocycles. The standard InChI is InChI=1S/C27H27N3O5.C2H6/c1-29-26-21(15-28-29)13-20(27(31)32)14-25(26)35-23-9-7-22(8-10-23)30-16-24(17-30)34-12-11-33-18-19-5-3-2-4-6-19;1-2/h2-10,13-15,24H,11-12,16-18H2,1H3,(H,31,32);1-2H3. The van der Waals surface area contributed by atoms with E-state index >= 15 is 0 Å². The van der Waals surface area contributed by atoms with Gasteiger partial charge in [0.2, 0.25) is 0 Å². The number of anilines is 1. The van der Waals surface area contributed by atoms with E-state index < -0.39 is 5.97 Å². The summed E-state index contributed by atoms with van der Waals surface area (Å²) in [7, 11) is 1.80. The van der Waals surface area contributed by atoms with Crippen LogP contribution in [0.4, 0.5) is 5.69 Å². The summed E-state index contributed by atoms with van der Waals surface area (Å²) >= 11 is 0. The predicted octanol–water partition coefficient (Wildman–Crippen LogP) is 5.51. The Balaban J connectivity index is 0.00000156. The van der Waals surface area contributed by atoms with Gasteiger partial charge in [0, 0.05) is 31.2 Å². The molecule has 1 aliphatic heterocycles. The zero-order valence-electron chi connectivity index (χ0n) is 21.5. The van der Waals surface area contributed by atoms with Crippen LogP contribution in [0.5, 0.6) is 11.5 Å². The first-order valence-electron chi connectivity index (χ1n) is 12.5. The summed E-state index contributed by atoms with van der Waals surface area (Å²) in [5, 5.41) is 14.4. The lowest BCUT2D eigenvalue weighted by Gasteiger charge is -2.40. The number of rotatable bonds is 10. The average Bonchev–Trinajstić information content (AvgIpc) is 3.28. The molecule has 1 N–H and O–H groups in total. The zero-order chi connectivity index (χ0) is 26.2. The first-order valence-corrected chi connectivity index (χ1v) is 12.5. The maximum absolute atomic E-state index is 11.5. The van der Waals surface area contributed by atoms with Crippen molar-refractivity contribution in [2.75, 3.05) is 31.2 Å². The highest BCUT2D eigenvalue weighted by Crippen LogP contribution is 2.33. The van der Waals surface area contributed by atoms with Gasteiger partial charge in [0.25, 0.3) is 0 Å². The Morgan fingerprint density at radius 3 is 2.46 bits per heavy atom. The molecule has 1 aliphatic rings. The minimum atomic E-state index is -1.01. The van der Waals surface area contributed by atoms with Crippen LogP contribution in [0, 0.1) is 0 Å². The van der Waals surface area contributed by atoms with E-state index in [0.29, 0.717) is 31.3 Å². The number of hydrogen-bond acceptors (Lipinski definition) is 6. The molecule has 0 spiro atoms. The SMILES string of the molecule is CC.Cn1ncc2cc(C(=O)O)cc(Oc3ccc(N4CC(OCCOCc5ccccc5)C4)cc3)c21. The third kappa shape index (κ3) is 6.47. The number of benzene rings is 3. The quantitative estimate of drug-likeness (QED) is 0.286. The van der Waals surface area contributed by atoms with Crippen molar-refractivity contribution in [3.63, 3.8) is 0 Å². The van der Waals surface area contributed by atoms with E-state index in [2.05, 4.69) is 10.00 Å².